The van der Waals surface area contributed by atoms with Crippen molar-refractivity contribution in [1.29, 1.82) is 0 Å². The third kappa shape index (κ3) is 2.39. The second-order valence-electron chi connectivity index (χ2n) is 7.18. The summed E-state index contributed by atoms with van der Waals surface area (Å²) in [5, 5.41) is 0.928. The molecule has 1 aliphatic rings. The van der Waals surface area contributed by atoms with E-state index < -0.39 is 0 Å². The molecule has 3 aromatic heterocycles. The number of H-pyrrole nitrogens is 1. The Morgan fingerprint density at radius 1 is 1.25 bits per heavy atom. The number of carbonyl (C=O) groups is 1. The molecular weight excluding hydrogens is 354 g/mol. The Kier molecular flexibility index (Phi) is 3.82. The Balaban J connectivity index is 1.49. The number of rotatable bonds is 3. The zero-order valence-corrected chi connectivity index (χ0v) is 15.6. The topological polar surface area (TPSA) is 75.9 Å². The number of hydrogen-bond acceptors (Lipinski definition) is 3. The van der Waals surface area contributed by atoms with Crippen LogP contribution in [0.1, 0.15) is 29.7 Å². The Morgan fingerprint density at radius 3 is 3.00 bits per heavy atom. The second kappa shape index (κ2) is 6.37. The van der Waals surface area contributed by atoms with Gasteiger partial charge in [0, 0.05) is 48.5 Å². The molecule has 4 heterocycles. The van der Waals surface area contributed by atoms with Crippen LogP contribution in [0.5, 0.6) is 0 Å². The van der Waals surface area contributed by atoms with E-state index in [0.29, 0.717) is 30.8 Å². The van der Waals surface area contributed by atoms with Gasteiger partial charge in [0.25, 0.3) is 5.91 Å². The van der Waals surface area contributed by atoms with Crippen LogP contribution in [0, 0.1) is 0 Å². The van der Waals surface area contributed by atoms with Gasteiger partial charge in [-0.15, -0.1) is 0 Å². The predicted molar refractivity (Wildman–Crippen MR) is 108 cm³/mol. The van der Waals surface area contributed by atoms with E-state index in [-0.39, 0.29) is 17.6 Å². The molecule has 1 saturated heterocycles. The summed E-state index contributed by atoms with van der Waals surface area (Å²) in [6.07, 6.45) is 4.30. The summed E-state index contributed by atoms with van der Waals surface area (Å²) in [6, 6.07) is 11.4. The van der Waals surface area contributed by atoms with Gasteiger partial charge in [0.15, 0.2) is 5.65 Å². The lowest BCUT2D eigenvalue weighted by atomic mass is 10.1. The summed E-state index contributed by atoms with van der Waals surface area (Å²) in [6.45, 7) is 3.69. The highest BCUT2D eigenvalue weighted by Gasteiger charge is 2.31. The standard InChI is InChI=1S/C21H21N5O2/c1-2-25-18-7-4-10-23-19(18)26(21(25)28)14-9-12-24(13-14)20(27)16-5-3-6-17-15(16)8-11-22-17/h3-8,10-11,14,22H,2,9,12-13H2,1H3/t14-/m1/s1. The molecule has 142 valence electrons. The smallest absolute Gasteiger partial charge is 0.330 e. The first-order valence-electron chi connectivity index (χ1n) is 9.60. The number of likely N-dealkylation sites (tertiary alicyclic amines) is 1. The Labute approximate surface area is 161 Å². The van der Waals surface area contributed by atoms with Crippen LogP contribution in [0.25, 0.3) is 22.1 Å². The van der Waals surface area contributed by atoms with Crippen LogP contribution < -0.4 is 5.69 Å². The van der Waals surface area contributed by atoms with Gasteiger partial charge in [-0.1, -0.05) is 6.07 Å². The number of hydrogen-bond donors (Lipinski definition) is 1. The molecule has 28 heavy (non-hydrogen) atoms. The van der Waals surface area contributed by atoms with Crippen LogP contribution in [0.4, 0.5) is 0 Å². The SMILES string of the molecule is CCn1c(=O)n([C@@H]2CCN(C(=O)c3cccc4[nH]ccc34)C2)c2ncccc21. The minimum atomic E-state index is -0.0629. The maximum absolute atomic E-state index is 13.1. The van der Waals surface area contributed by atoms with Crippen molar-refractivity contribution in [2.45, 2.75) is 25.9 Å². The van der Waals surface area contributed by atoms with Gasteiger partial charge in [-0.25, -0.2) is 9.78 Å². The minimum Gasteiger partial charge on any atom is -0.361 e. The van der Waals surface area contributed by atoms with E-state index in [2.05, 4.69) is 9.97 Å². The molecule has 1 aromatic carbocycles. The van der Waals surface area contributed by atoms with Crippen molar-refractivity contribution in [2.24, 2.45) is 0 Å². The van der Waals surface area contributed by atoms with Crippen LogP contribution in [0.2, 0.25) is 0 Å². The van der Waals surface area contributed by atoms with E-state index in [1.807, 2.05) is 54.4 Å². The molecule has 7 nitrogen and oxygen atoms in total. The molecule has 0 aliphatic carbocycles. The summed E-state index contributed by atoms with van der Waals surface area (Å²) in [5.41, 5.74) is 3.13. The van der Waals surface area contributed by atoms with Gasteiger partial charge in [-0.05, 0) is 43.7 Å². The van der Waals surface area contributed by atoms with Crippen molar-refractivity contribution < 1.29 is 4.79 Å². The van der Waals surface area contributed by atoms with Gasteiger partial charge in [0.1, 0.15) is 0 Å². The van der Waals surface area contributed by atoms with Crippen molar-refractivity contribution in [3.63, 3.8) is 0 Å². The Morgan fingerprint density at radius 2 is 2.14 bits per heavy atom. The number of nitrogens with zero attached hydrogens (tertiary/aromatic N) is 4. The first-order valence-corrected chi connectivity index (χ1v) is 9.60. The number of benzene rings is 1. The Bertz CT molecular complexity index is 1250. The van der Waals surface area contributed by atoms with Gasteiger partial charge in [-0.3, -0.25) is 13.9 Å². The van der Waals surface area contributed by atoms with Gasteiger partial charge in [0.05, 0.1) is 11.6 Å². The van der Waals surface area contributed by atoms with E-state index in [4.69, 9.17) is 0 Å². The molecular formula is C21H21N5O2. The third-order valence-corrected chi connectivity index (χ3v) is 5.68. The molecule has 0 spiro atoms. The van der Waals surface area contributed by atoms with Gasteiger partial charge >= 0.3 is 5.69 Å². The number of carbonyl (C=O) groups excluding carboxylic acids is 1. The van der Waals surface area contributed by atoms with Crippen LogP contribution in [-0.4, -0.2) is 43.0 Å². The highest BCUT2D eigenvalue weighted by atomic mass is 16.2. The average Bonchev–Trinajstić information content (AvgIpc) is 3.43. The lowest BCUT2D eigenvalue weighted by Crippen LogP contribution is -2.32. The van der Waals surface area contributed by atoms with E-state index in [1.165, 1.54) is 0 Å². The zero-order chi connectivity index (χ0) is 19.3. The van der Waals surface area contributed by atoms with Gasteiger partial charge in [0.2, 0.25) is 0 Å². The van der Waals surface area contributed by atoms with Crippen LogP contribution in [0.15, 0.2) is 53.6 Å². The molecule has 0 radical (unpaired) electrons. The molecule has 0 saturated carbocycles. The maximum Gasteiger partial charge on any atom is 0.330 e. The fraction of sp³-hybridized carbons (Fsp3) is 0.286. The van der Waals surface area contributed by atoms with Gasteiger partial charge < -0.3 is 9.88 Å². The number of aromatic nitrogens is 4. The number of aryl methyl sites for hydroxylation is 1. The number of amides is 1. The molecule has 1 fully saturated rings. The van der Waals surface area contributed by atoms with Crippen LogP contribution >= 0.6 is 0 Å². The summed E-state index contributed by atoms with van der Waals surface area (Å²) in [4.78, 5) is 35.6. The van der Waals surface area contributed by atoms with E-state index >= 15 is 0 Å². The molecule has 0 unspecified atom stereocenters. The fourth-order valence-electron chi connectivity index (χ4n) is 4.32. The minimum absolute atomic E-state index is 0.00735. The second-order valence-corrected chi connectivity index (χ2v) is 7.18. The fourth-order valence-corrected chi connectivity index (χ4v) is 4.32. The maximum atomic E-state index is 13.1. The van der Waals surface area contributed by atoms with Crippen molar-refractivity contribution in [1.82, 2.24) is 24.0 Å². The summed E-state index contributed by atoms with van der Waals surface area (Å²) >= 11 is 0. The molecule has 4 aromatic rings. The molecule has 1 N–H and O–H groups in total. The van der Waals surface area contributed by atoms with Crippen molar-refractivity contribution in [3.05, 3.63) is 64.8 Å². The van der Waals surface area contributed by atoms with Crippen LogP contribution in [-0.2, 0) is 6.54 Å². The number of nitrogens with one attached hydrogen (secondary N) is 1. The van der Waals surface area contributed by atoms with Crippen molar-refractivity contribution in [2.75, 3.05) is 13.1 Å². The summed E-state index contributed by atoms with van der Waals surface area (Å²) < 4.78 is 3.51. The summed E-state index contributed by atoms with van der Waals surface area (Å²) in [5.74, 6) is 0.00735. The Hall–Kier alpha value is -3.35. The normalized spacial score (nSPS) is 17.0. The summed E-state index contributed by atoms with van der Waals surface area (Å²) in [7, 11) is 0. The van der Waals surface area contributed by atoms with E-state index in [1.54, 1.807) is 15.3 Å². The van der Waals surface area contributed by atoms with Crippen LogP contribution in [0.3, 0.4) is 0 Å². The first-order chi connectivity index (χ1) is 13.7. The largest absolute Gasteiger partial charge is 0.361 e. The quantitative estimate of drug-likeness (QED) is 0.598. The average molecular weight is 375 g/mol. The molecule has 1 amide bonds. The lowest BCUT2D eigenvalue weighted by molar-refractivity contribution is 0.0789. The molecule has 1 aliphatic heterocycles. The number of aromatic amines is 1. The lowest BCUT2D eigenvalue weighted by Gasteiger charge is -2.17. The van der Waals surface area contributed by atoms with Gasteiger partial charge in [-0.2, -0.15) is 0 Å². The third-order valence-electron chi connectivity index (χ3n) is 5.68. The van der Waals surface area contributed by atoms with Crippen molar-refractivity contribution in [3.8, 4) is 0 Å². The number of fused-ring (bicyclic) bond motifs is 2. The molecule has 5 rings (SSSR count). The first kappa shape index (κ1) is 16.8. The molecule has 1 atom stereocenters. The zero-order valence-electron chi connectivity index (χ0n) is 15.6. The number of imidazole rings is 1. The van der Waals surface area contributed by atoms with E-state index in [0.717, 1.165) is 22.8 Å². The highest BCUT2D eigenvalue weighted by molar-refractivity contribution is 6.06. The molecule has 7 heteroatoms. The van der Waals surface area contributed by atoms with E-state index in [9.17, 15) is 9.59 Å². The monoisotopic (exact) mass is 375 g/mol. The molecule has 0 bridgehead atoms. The number of pyridine rings is 1. The predicted octanol–water partition coefficient (Wildman–Crippen LogP) is 2.79. The van der Waals surface area contributed by atoms with Crippen molar-refractivity contribution >= 4 is 28.0 Å². The highest BCUT2D eigenvalue weighted by Crippen LogP contribution is 2.27.